The van der Waals surface area contributed by atoms with Crippen molar-refractivity contribution in [1.29, 1.82) is 0 Å². The number of amides is 2. The fraction of sp³-hybridized carbons (Fsp3) is 0. The van der Waals surface area contributed by atoms with Crippen LogP contribution >= 0.6 is 0 Å². The lowest BCUT2D eigenvalue weighted by Crippen LogP contribution is -2.14. The smallest absolute Gasteiger partial charge is 0.255 e. The fourth-order valence-corrected chi connectivity index (χ4v) is 3.71. The van der Waals surface area contributed by atoms with Gasteiger partial charge in [-0.3, -0.25) is 9.59 Å². The van der Waals surface area contributed by atoms with Gasteiger partial charge in [0.1, 0.15) is 0 Å². The number of benzene rings is 5. The van der Waals surface area contributed by atoms with Crippen LogP contribution in [0.1, 0.15) is 20.7 Å². The summed E-state index contributed by atoms with van der Waals surface area (Å²) in [7, 11) is 0. The Morgan fingerprint density at radius 1 is 0.438 bits per heavy atom. The van der Waals surface area contributed by atoms with Crippen molar-refractivity contribution in [3.8, 4) is 0 Å². The van der Waals surface area contributed by atoms with Crippen LogP contribution in [0.5, 0.6) is 0 Å². The lowest BCUT2D eigenvalue weighted by Gasteiger charge is -2.09. The summed E-state index contributed by atoms with van der Waals surface area (Å²) in [5.74, 6) is -0.441. The molecule has 5 rings (SSSR count). The minimum atomic E-state index is -0.221. The predicted molar refractivity (Wildman–Crippen MR) is 130 cm³/mol. The highest BCUT2D eigenvalue weighted by atomic mass is 16.2. The zero-order valence-electron chi connectivity index (χ0n) is 17.2. The van der Waals surface area contributed by atoms with Crippen LogP contribution in [0.2, 0.25) is 0 Å². The van der Waals surface area contributed by atoms with E-state index >= 15 is 0 Å². The van der Waals surface area contributed by atoms with E-state index in [4.69, 9.17) is 0 Å². The van der Waals surface area contributed by atoms with E-state index in [0.29, 0.717) is 11.1 Å². The van der Waals surface area contributed by atoms with Crippen molar-refractivity contribution in [1.82, 2.24) is 0 Å². The molecule has 0 aromatic heterocycles. The molecule has 0 aliphatic rings. The summed E-state index contributed by atoms with van der Waals surface area (Å²) >= 11 is 0. The lowest BCUT2D eigenvalue weighted by molar-refractivity contribution is 0.101. The highest BCUT2D eigenvalue weighted by molar-refractivity contribution is 6.08. The topological polar surface area (TPSA) is 58.2 Å². The number of carbonyl (C=O) groups is 2. The first kappa shape index (κ1) is 19.5. The van der Waals surface area contributed by atoms with E-state index in [-0.39, 0.29) is 11.8 Å². The molecule has 0 spiro atoms. The molecule has 2 amide bonds. The quantitative estimate of drug-likeness (QED) is 0.351. The molecule has 4 heteroatoms. The summed E-state index contributed by atoms with van der Waals surface area (Å²) in [6.07, 6.45) is 0. The highest BCUT2D eigenvalue weighted by Gasteiger charge is 2.10. The van der Waals surface area contributed by atoms with Crippen molar-refractivity contribution in [3.05, 3.63) is 120 Å². The molecule has 0 atom stereocenters. The molecule has 4 nitrogen and oxygen atoms in total. The van der Waals surface area contributed by atoms with Crippen LogP contribution in [0.3, 0.4) is 0 Å². The highest BCUT2D eigenvalue weighted by Crippen LogP contribution is 2.21. The van der Waals surface area contributed by atoms with Crippen LogP contribution < -0.4 is 10.6 Å². The number of hydrogen-bond acceptors (Lipinski definition) is 2. The summed E-state index contributed by atoms with van der Waals surface area (Å²) in [4.78, 5) is 25.3. The van der Waals surface area contributed by atoms with E-state index in [2.05, 4.69) is 10.6 Å². The first-order valence-electron chi connectivity index (χ1n) is 10.4. The maximum absolute atomic E-state index is 12.6. The van der Waals surface area contributed by atoms with Crippen molar-refractivity contribution in [3.63, 3.8) is 0 Å². The van der Waals surface area contributed by atoms with Gasteiger partial charge in [-0.15, -0.1) is 0 Å². The molecule has 0 radical (unpaired) electrons. The zero-order chi connectivity index (χ0) is 21.9. The van der Waals surface area contributed by atoms with Crippen LogP contribution in [0, 0.1) is 0 Å². The van der Waals surface area contributed by atoms with Crippen LogP contribution in [0.25, 0.3) is 21.5 Å². The second-order valence-electron chi connectivity index (χ2n) is 7.61. The molecule has 0 bridgehead atoms. The van der Waals surface area contributed by atoms with Crippen molar-refractivity contribution in [2.24, 2.45) is 0 Å². The van der Waals surface area contributed by atoms with E-state index in [9.17, 15) is 9.59 Å². The monoisotopic (exact) mass is 416 g/mol. The molecule has 0 aliphatic carbocycles. The van der Waals surface area contributed by atoms with Gasteiger partial charge in [0.25, 0.3) is 11.8 Å². The number of carbonyl (C=O) groups excluding carboxylic acids is 2. The minimum Gasteiger partial charge on any atom is -0.322 e. The second kappa shape index (κ2) is 8.36. The zero-order valence-corrected chi connectivity index (χ0v) is 17.2. The van der Waals surface area contributed by atoms with Gasteiger partial charge in [0.15, 0.2) is 0 Å². The Balaban J connectivity index is 1.27. The summed E-state index contributed by atoms with van der Waals surface area (Å²) < 4.78 is 0. The third-order valence-corrected chi connectivity index (χ3v) is 5.42. The predicted octanol–water partition coefficient (Wildman–Crippen LogP) is 6.50. The minimum absolute atomic E-state index is 0.221. The normalized spacial score (nSPS) is 10.8. The van der Waals surface area contributed by atoms with E-state index < -0.39 is 0 Å². The lowest BCUT2D eigenvalue weighted by atomic mass is 10.1. The van der Waals surface area contributed by atoms with Gasteiger partial charge in [-0.2, -0.15) is 0 Å². The first-order chi connectivity index (χ1) is 15.7. The second-order valence-corrected chi connectivity index (χ2v) is 7.61. The third-order valence-electron chi connectivity index (χ3n) is 5.42. The summed E-state index contributed by atoms with van der Waals surface area (Å²) in [5, 5.41) is 10.2. The van der Waals surface area contributed by atoms with Crippen LogP contribution in [0.15, 0.2) is 109 Å². The van der Waals surface area contributed by atoms with Gasteiger partial charge in [-0.1, -0.05) is 60.7 Å². The first-order valence-corrected chi connectivity index (χ1v) is 10.4. The SMILES string of the molecule is O=C(Nc1ccc2ccccc2c1)c1ccc(C(=O)Nc2ccc3ccccc3c2)cc1. The Kier molecular flexibility index (Phi) is 5.10. The molecule has 32 heavy (non-hydrogen) atoms. The summed E-state index contributed by atoms with van der Waals surface area (Å²) in [5.41, 5.74) is 2.43. The standard InChI is InChI=1S/C28H20N2O2/c31-27(29-25-15-13-19-5-1-3-7-23(19)17-25)21-9-11-22(12-10-21)28(32)30-26-16-14-20-6-2-4-8-24(20)18-26/h1-18H,(H,29,31)(H,30,32). The van der Waals surface area contributed by atoms with Gasteiger partial charge in [0.05, 0.1) is 0 Å². The van der Waals surface area contributed by atoms with Crippen LogP contribution in [0.4, 0.5) is 11.4 Å². The molecule has 2 N–H and O–H groups in total. The van der Waals surface area contributed by atoms with E-state index in [1.807, 2.05) is 84.9 Å². The molecule has 0 fully saturated rings. The Hall–Kier alpha value is -4.44. The van der Waals surface area contributed by atoms with Crippen molar-refractivity contribution in [2.75, 3.05) is 10.6 Å². The molecule has 5 aromatic carbocycles. The van der Waals surface area contributed by atoms with E-state index in [1.54, 1.807) is 24.3 Å². The van der Waals surface area contributed by atoms with Crippen LogP contribution in [-0.2, 0) is 0 Å². The number of hydrogen-bond donors (Lipinski definition) is 2. The van der Waals surface area contributed by atoms with Gasteiger partial charge < -0.3 is 10.6 Å². The molecule has 0 heterocycles. The number of anilines is 2. The molecule has 154 valence electrons. The molecule has 0 saturated heterocycles. The van der Waals surface area contributed by atoms with Crippen LogP contribution in [-0.4, -0.2) is 11.8 Å². The molecule has 0 aliphatic heterocycles. The van der Waals surface area contributed by atoms with Crippen molar-refractivity contribution in [2.45, 2.75) is 0 Å². The van der Waals surface area contributed by atoms with Gasteiger partial charge in [-0.05, 0) is 70.1 Å². The van der Waals surface area contributed by atoms with E-state index in [0.717, 1.165) is 32.9 Å². The Bertz CT molecular complexity index is 1340. The van der Waals surface area contributed by atoms with Gasteiger partial charge >= 0.3 is 0 Å². The molecule has 5 aromatic rings. The van der Waals surface area contributed by atoms with Gasteiger partial charge in [0.2, 0.25) is 0 Å². The molecular weight excluding hydrogens is 396 g/mol. The van der Waals surface area contributed by atoms with Gasteiger partial charge in [0, 0.05) is 22.5 Å². The summed E-state index contributed by atoms with van der Waals surface area (Å²) in [6.45, 7) is 0. The average Bonchev–Trinajstić information content (AvgIpc) is 2.84. The molecular formula is C28H20N2O2. The molecule has 0 saturated carbocycles. The fourth-order valence-electron chi connectivity index (χ4n) is 3.71. The Morgan fingerprint density at radius 3 is 1.22 bits per heavy atom. The number of fused-ring (bicyclic) bond motifs is 2. The Morgan fingerprint density at radius 2 is 0.812 bits per heavy atom. The van der Waals surface area contributed by atoms with Gasteiger partial charge in [-0.25, -0.2) is 0 Å². The maximum Gasteiger partial charge on any atom is 0.255 e. The largest absolute Gasteiger partial charge is 0.322 e. The number of rotatable bonds is 4. The molecule has 0 unspecified atom stereocenters. The van der Waals surface area contributed by atoms with Crippen molar-refractivity contribution >= 4 is 44.7 Å². The Labute approximate surface area is 185 Å². The summed E-state index contributed by atoms with van der Waals surface area (Å²) in [6, 6.07) is 34.2. The number of nitrogens with one attached hydrogen (secondary N) is 2. The van der Waals surface area contributed by atoms with Crippen molar-refractivity contribution < 1.29 is 9.59 Å². The maximum atomic E-state index is 12.6. The third kappa shape index (κ3) is 4.07. The van der Waals surface area contributed by atoms with E-state index in [1.165, 1.54) is 0 Å². The average molecular weight is 416 g/mol.